The number of hydrogen-bond acceptors (Lipinski definition) is 5. The van der Waals surface area contributed by atoms with Crippen LogP contribution in [-0.4, -0.2) is 35.4 Å². The summed E-state index contributed by atoms with van der Waals surface area (Å²) in [7, 11) is -0.0896. The molecular weight excluding hydrogens is 280 g/mol. The highest BCUT2D eigenvalue weighted by Crippen LogP contribution is 2.17. The van der Waals surface area contributed by atoms with Crippen LogP contribution < -0.4 is 10.0 Å². The molecule has 0 atom stereocenters. The number of aromatic nitrogens is 4. The van der Waals surface area contributed by atoms with Crippen molar-refractivity contribution >= 4 is 10.0 Å². The largest absolute Gasteiger partial charge is 0.314 e. The average molecular weight is 298 g/mol. The minimum absolute atomic E-state index is 0.194. The van der Waals surface area contributed by atoms with Crippen molar-refractivity contribution in [2.45, 2.75) is 24.9 Å². The fraction of sp³-hybridized carbons (Fsp3) is 0.455. The fourth-order valence-corrected chi connectivity index (χ4v) is 3.30. The molecule has 0 fully saturated rings. The SMILES string of the molecule is CNCc1n[nH]c(C)c1S(=O)(=O)NCc1cnn(C)c1. The molecule has 0 saturated carbocycles. The van der Waals surface area contributed by atoms with Crippen molar-refractivity contribution < 1.29 is 8.42 Å². The van der Waals surface area contributed by atoms with Crippen molar-refractivity contribution in [2.75, 3.05) is 7.05 Å². The molecule has 0 aromatic carbocycles. The Hall–Kier alpha value is -1.71. The van der Waals surface area contributed by atoms with Crippen molar-refractivity contribution in [1.82, 2.24) is 30.0 Å². The molecule has 0 aliphatic heterocycles. The lowest BCUT2D eigenvalue weighted by Crippen LogP contribution is -2.25. The first-order valence-electron chi connectivity index (χ1n) is 6.09. The van der Waals surface area contributed by atoms with Gasteiger partial charge in [-0.2, -0.15) is 10.2 Å². The fourth-order valence-electron chi connectivity index (χ4n) is 1.93. The molecule has 0 spiro atoms. The second-order valence-electron chi connectivity index (χ2n) is 4.50. The monoisotopic (exact) mass is 298 g/mol. The third-order valence-electron chi connectivity index (χ3n) is 2.80. The summed E-state index contributed by atoms with van der Waals surface area (Å²) >= 11 is 0. The first-order valence-corrected chi connectivity index (χ1v) is 7.58. The van der Waals surface area contributed by atoms with Gasteiger partial charge in [-0.15, -0.1) is 0 Å². The van der Waals surface area contributed by atoms with Crippen LogP contribution in [0.5, 0.6) is 0 Å². The predicted octanol–water partition coefficient (Wildman–Crippen LogP) is -0.350. The Morgan fingerprint density at radius 1 is 1.40 bits per heavy atom. The molecule has 2 rings (SSSR count). The van der Waals surface area contributed by atoms with Crippen molar-refractivity contribution in [3.8, 4) is 0 Å². The van der Waals surface area contributed by atoms with Crippen molar-refractivity contribution in [3.05, 3.63) is 29.3 Å². The highest BCUT2D eigenvalue weighted by Gasteiger charge is 2.23. The standard InChI is InChI=1S/C11H18N6O2S/c1-8-11(10(6-12-2)16-15-8)20(18,19)14-5-9-4-13-17(3)7-9/h4,7,12,14H,5-6H2,1-3H3,(H,15,16). The molecule has 0 saturated heterocycles. The molecule has 3 N–H and O–H groups in total. The Morgan fingerprint density at radius 3 is 2.75 bits per heavy atom. The Balaban J connectivity index is 2.20. The molecule has 2 aromatic rings. The van der Waals surface area contributed by atoms with E-state index in [1.165, 1.54) is 0 Å². The van der Waals surface area contributed by atoms with Crippen LogP contribution in [0.1, 0.15) is 17.0 Å². The lowest BCUT2D eigenvalue weighted by molar-refractivity contribution is 0.578. The number of hydrogen-bond donors (Lipinski definition) is 3. The van der Waals surface area contributed by atoms with Gasteiger partial charge in [0.1, 0.15) is 4.90 Å². The Morgan fingerprint density at radius 2 is 2.15 bits per heavy atom. The van der Waals surface area contributed by atoms with Crippen LogP contribution in [0.25, 0.3) is 0 Å². The van der Waals surface area contributed by atoms with Gasteiger partial charge >= 0.3 is 0 Å². The number of aromatic amines is 1. The lowest BCUT2D eigenvalue weighted by Gasteiger charge is -2.07. The lowest BCUT2D eigenvalue weighted by atomic mass is 10.4. The molecule has 8 nitrogen and oxygen atoms in total. The molecule has 9 heteroatoms. The zero-order chi connectivity index (χ0) is 14.8. The zero-order valence-electron chi connectivity index (χ0n) is 11.6. The Labute approximate surface area is 117 Å². The van der Waals surface area contributed by atoms with Gasteiger partial charge in [-0.25, -0.2) is 13.1 Å². The van der Waals surface area contributed by atoms with E-state index < -0.39 is 10.0 Å². The maximum Gasteiger partial charge on any atom is 0.244 e. The normalized spacial score (nSPS) is 11.9. The Bertz CT molecular complexity index is 688. The van der Waals surface area contributed by atoms with E-state index in [0.717, 1.165) is 5.56 Å². The Kier molecular flexibility index (Phi) is 4.21. The van der Waals surface area contributed by atoms with Crippen LogP contribution in [-0.2, 0) is 30.2 Å². The highest BCUT2D eigenvalue weighted by molar-refractivity contribution is 7.89. The summed E-state index contributed by atoms with van der Waals surface area (Å²) in [5.41, 5.74) is 1.80. The van der Waals surface area contributed by atoms with E-state index in [2.05, 4.69) is 25.3 Å². The van der Waals surface area contributed by atoms with Crippen molar-refractivity contribution in [1.29, 1.82) is 0 Å². The summed E-state index contributed by atoms with van der Waals surface area (Å²) in [5.74, 6) is 0. The predicted molar refractivity (Wildman–Crippen MR) is 73.3 cm³/mol. The molecule has 110 valence electrons. The molecule has 2 aromatic heterocycles. The summed E-state index contributed by atoms with van der Waals surface area (Å²) < 4.78 is 28.9. The number of rotatable bonds is 6. The molecule has 0 bridgehead atoms. The van der Waals surface area contributed by atoms with Crippen LogP contribution in [0.15, 0.2) is 17.3 Å². The maximum absolute atomic E-state index is 12.4. The van der Waals surface area contributed by atoms with Gasteiger partial charge in [0.2, 0.25) is 10.0 Å². The van der Waals surface area contributed by atoms with E-state index >= 15 is 0 Å². The molecular formula is C11H18N6O2S. The minimum Gasteiger partial charge on any atom is -0.314 e. The van der Waals surface area contributed by atoms with E-state index in [1.54, 1.807) is 38.1 Å². The van der Waals surface area contributed by atoms with E-state index in [9.17, 15) is 8.42 Å². The number of H-pyrrole nitrogens is 1. The second-order valence-corrected chi connectivity index (χ2v) is 6.21. The van der Waals surface area contributed by atoms with Gasteiger partial charge in [-0.05, 0) is 14.0 Å². The third-order valence-corrected chi connectivity index (χ3v) is 4.40. The number of nitrogens with one attached hydrogen (secondary N) is 3. The molecule has 0 aliphatic carbocycles. The zero-order valence-corrected chi connectivity index (χ0v) is 12.5. The first kappa shape index (κ1) is 14.7. The summed E-state index contributed by atoms with van der Waals surface area (Å²) in [6.45, 7) is 2.26. The number of aryl methyl sites for hydroxylation is 2. The quantitative estimate of drug-likeness (QED) is 0.676. The van der Waals surface area contributed by atoms with Crippen molar-refractivity contribution in [2.24, 2.45) is 7.05 Å². The van der Waals surface area contributed by atoms with Gasteiger partial charge in [0, 0.05) is 31.9 Å². The number of nitrogens with zero attached hydrogens (tertiary/aromatic N) is 3. The smallest absolute Gasteiger partial charge is 0.244 e. The molecule has 0 unspecified atom stereocenters. The highest BCUT2D eigenvalue weighted by atomic mass is 32.2. The third kappa shape index (κ3) is 3.06. The summed E-state index contributed by atoms with van der Waals surface area (Å²) in [6.07, 6.45) is 3.39. The van der Waals surface area contributed by atoms with Gasteiger partial charge in [0.15, 0.2) is 0 Å². The van der Waals surface area contributed by atoms with E-state index in [1.807, 2.05) is 0 Å². The van der Waals surface area contributed by atoms with E-state index in [0.29, 0.717) is 17.9 Å². The van der Waals surface area contributed by atoms with Crippen LogP contribution in [0, 0.1) is 6.92 Å². The minimum atomic E-state index is -3.61. The van der Waals surface area contributed by atoms with Gasteiger partial charge < -0.3 is 5.32 Å². The summed E-state index contributed by atoms with van der Waals surface area (Å²) in [4.78, 5) is 0.204. The summed E-state index contributed by atoms with van der Waals surface area (Å²) in [5, 5.41) is 13.6. The molecule has 0 amide bonds. The topological polar surface area (TPSA) is 105 Å². The van der Waals surface area contributed by atoms with Gasteiger partial charge in [0.05, 0.1) is 17.6 Å². The molecule has 2 heterocycles. The molecule has 20 heavy (non-hydrogen) atoms. The molecule has 0 aliphatic rings. The number of sulfonamides is 1. The van der Waals surface area contributed by atoms with Crippen LogP contribution in [0.2, 0.25) is 0 Å². The van der Waals surface area contributed by atoms with Gasteiger partial charge in [-0.3, -0.25) is 9.78 Å². The van der Waals surface area contributed by atoms with Crippen molar-refractivity contribution in [3.63, 3.8) is 0 Å². The van der Waals surface area contributed by atoms with Crippen LogP contribution in [0.4, 0.5) is 0 Å². The summed E-state index contributed by atoms with van der Waals surface area (Å²) in [6, 6.07) is 0. The molecule has 0 radical (unpaired) electrons. The van der Waals surface area contributed by atoms with Crippen LogP contribution >= 0.6 is 0 Å². The van der Waals surface area contributed by atoms with E-state index in [4.69, 9.17) is 0 Å². The first-order chi connectivity index (χ1) is 9.44. The van der Waals surface area contributed by atoms with Crippen LogP contribution in [0.3, 0.4) is 0 Å². The van der Waals surface area contributed by atoms with E-state index in [-0.39, 0.29) is 11.4 Å². The van der Waals surface area contributed by atoms with Gasteiger partial charge in [-0.1, -0.05) is 0 Å². The maximum atomic E-state index is 12.4. The average Bonchev–Trinajstić information content (AvgIpc) is 2.95. The van der Waals surface area contributed by atoms with Gasteiger partial charge in [0.25, 0.3) is 0 Å². The second kappa shape index (κ2) is 5.73.